The topological polar surface area (TPSA) is 73.1 Å². The van der Waals surface area contributed by atoms with Crippen molar-refractivity contribution < 1.29 is 9.53 Å². The average Bonchev–Trinajstić information content (AvgIpc) is 3.48. The van der Waals surface area contributed by atoms with E-state index in [1.807, 2.05) is 40.3 Å². The minimum absolute atomic E-state index is 0.0942. The molecule has 0 aromatic carbocycles. The monoisotopic (exact) mass is 549 g/mol. The maximum atomic E-state index is 13.9. The Morgan fingerprint density at radius 3 is 2.49 bits per heavy atom. The zero-order valence-corrected chi connectivity index (χ0v) is 24.1. The lowest BCUT2D eigenvalue weighted by Crippen LogP contribution is -2.41. The first-order valence-electron chi connectivity index (χ1n) is 14.4. The van der Waals surface area contributed by atoms with Crippen molar-refractivity contribution in [1.29, 1.82) is 0 Å². The maximum Gasteiger partial charge on any atom is 0.232 e. The number of pyridine rings is 2. The molecule has 0 saturated heterocycles. The van der Waals surface area contributed by atoms with Crippen LogP contribution in [0.4, 0.5) is 5.82 Å². The molecule has 0 unspecified atom stereocenters. The van der Waals surface area contributed by atoms with Crippen molar-refractivity contribution in [2.45, 2.75) is 83.6 Å². The summed E-state index contributed by atoms with van der Waals surface area (Å²) in [6.45, 7) is 4.95. The molecule has 8 heteroatoms. The molecule has 0 radical (unpaired) electrons. The molecule has 3 heterocycles. The number of hydrogen-bond donors (Lipinski definition) is 0. The summed E-state index contributed by atoms with van der Waals surface area (Å²) in [5, 5.41) is 5.07. The van der Waals surface area contributed by atoms with Crippen LogP contribution < -0.4 is 9.64 Å². The third-order valence-electron chi connectivity index (χ3n) is 8.49. The fourth-order valence-corrected chi connectivity index (χ4v) is 6.38. The Bertz CT molecular complexity index is 1260. The highest BCUT2D eigenvalue weighted by Crippen LogP contribution is 2.39. The minimum Gasteiger partial charge on any atom is -0.480 e. The Morgan fingerprint density at radius 1 is 1.05 bits per heavy atom. The summed E-state index contributed by atoms with van der Waals surface area (Å²) in [4.78, 5) is 25.0. The number of methoxy groups -OCH3 is 1. The van der Waals surface area contributed by atoms with Crippen LogP contribution >= 0.6 is 11.6 Å². The zero-order valence-electron chi connectivity index (χ0n) is 23.4. The molecule has 208 valence electrons. The van der Waals surface area contributed by atoms with Crippen LogP contribution in [0, 0.1) is 11.8 Å². The molecule has 39 heavy (non-hydrogen) atoms. The van der Waals surface area contributed by atoms with Crippen molar-refractivity contribution in [3.63, 3.8) is 0 Å². The maximum absolute atomic E-state index is 13.9. The molecule has 7 nitrogen and oxygen atoms in total. The van der Waals surface area contributed by atoms with Crippen LogP contribution in [0.2, 0.25) is 5.02 Å². The lowest BCUT2D eigenvalue weighted by molar-refractivity contribution is -0.123. The quantitative estimate of drug-likeness (QED) is 0.291. The Balaban J connectivity index is 1.33. The van der Waals surface area contributed by atoms with Gasteiger partial charge in [0.15, 0.2) is 0 Å². The van der Waals surface area contributed by atoms with E-state index in [0.29, 0.717) is 35.3 Å². The van der Waals surface area contributed by atoms with E-state index in [1.165, 1.54) is 12.0 Å². The fourth-order valence-electron chi connectivity index (χ4n) is 6.13. The number of halogens is 1. The van der Waals surface area contributed by atoms with Crippen LogP contribution in [0.3, 0.4) is 0 Å². The van der Waals surface area contributed by atoms with Gasteiger partial charge in [-0.05, 0) is 93.5 Å². The summed E-state index contributed by atoms with van der Waals surface area (Å²) in [6, 6.07) is 6.37. The second-order valence-electron chi connectivity index (χ2n) is 11.5. The van der Waals surface area contributed by atoms with Crippen molar-refractivity contribution in [3.05, 3.63) is 53.6 Å². The SMILES string of the molecule is COc1ncc([C@H]2CC[C@H](CN(C(=O)C3CCCCC3)c3cc(-c4cnn(C(C)C)c4)ccn3)CC2)cc1Cl. The molecule has 2 fully saturated rings. The fraction of sp³-hybridized carbons (Fsp3) is 0.548. The third-order valence-corrected chi connectivity index (χ3v) is 8.76. The van der Waals surface area contributed by atoms with Crippen molar-refractivity contribution >= 4 is 23.3 Å². The second kappa shape index (κ2) is 12.5. The molecule has 0 N–H and O–H groups in total. The van der Waals surface area contributed by atoms with Gasteiger partial charge in [-0.15, -0.1) is 0 Å². The Kier molecular flexibility index (Phi) is 8.85. The molecule has 2 aliphatic carbocycles. The standard InChI is InChI=1S/C31H40ClN5O2/c1-21(2)37-20-27(18-35-37)25-13-14-33-29(16-25)36(31(38)24-7-5-4-6-8-24)19-22-9-11-23(12-10-22)26-15-28(32)30(39-3)34-17-26/h13-18,20-24H,4-12,19H2,1-3H3/t22-,23-. The van der Waals surface area contributed by atoms with Crippen molar-refractivity contribution in [2.75, 3.05) is 18.6 Å². The number of rotatable bonds is 8. The summed E-state index contributed by atoms with van der Waals surface area (Å²) in [7, 11) is 1.59. The van der Waals surface area contributed by atoms with E-state index in [4.69, 9.17) is 21.3 Å². The van der Waals surface area contributed by atoms with Crippen molar-refractivity contribution in [1.82, 2.24) is 19.7 Å². The first-order chi connectivity index (χ1) is 18.9. The smallest absolute Gasteiger partial charge is 0.232 e. The summed E-state index contributed by atoms with van der Waals surface area (Å²) >= 11 is 6.35. The van der Waals surface area contributed by atoms with E-state index >= 15 is 0 Å². The molecular weight excluding hydrogens is 510 g/mol. The summed E-state index contributed by atoms with van der Waals surface area (Å²) in [5.74, 6) is 2.43. The molecule has 0 aliphatic heterocycles. The molecular formula is C31H40ClN5O2. The van der Waals surface area contributed by atoms with Crippen LogP contribution in [0.25, 0.3) is 11.1 Å². The predicted octanol–water partition coefficient (Wildman–Crippen LogP) is 7.47. The first-order valence-corrected chi connectivity index (χ1v) is 14.8. The molecule has 3 aromatic heterocycles. The number of nitrogens with zero attached hydrogens (tertiary/aromatic N) is 5. The van der Waals surface area contributed by atoms with Gasteiger partial charge in [-0.25, -0.2) is 9.97 Å². The van der Waals surface area contributed by atoms with Gasteiger partial charge in [-0.2, -0.15) is 5.10 Å². The number of amides is 1. The number of carbonyl (C=O) groups excluding carboxylic acids is 1. The van der Waals surface area contributed by atoms with Crippen molar-refractivity contribution in [2.24, 2.45) is 11.8 Å². The lowest BCUT2D eigenvalue weighted by atomic mass is 9.78. The molecule has 5 rings (SSSR count). The molecule has 2 aliphatic rings. The summed E-state index contributed by atoms with van der Waals surface area (Å²) in [5.41, 5.74) is 3.26. The number of carbonyl (C=O) groups is 1. The van der Waals surface area contributed by atoms with E-state index in [2.05, 4.69) is 36.2 Å². The van der Waals surface area contributed by atoms with Crippen LogP contribution in [-0.2, 0) is 4.79 Å². The Morgan fingerprint density at radius 2 is 1.82 bits per heavy atom. The summed E-state index contributed by atoms with van der Waals surface area (Å²) in [6.07, 6.45) is 17.4. The van der Waals surface area contributed by atoms with Crippen molar-refractivity contribution in [3.8, 4) is 17.0 Å². The van der Waals surface area contributed by atoms with Crippen LogP contribution in [-0.4, -0.2) is 39.3 Å². The highest BCUT2D eigenvalue weighted by atomic mass is 35.5. The molecule has 1 amide bonds. The van der Waals surface area contributed by atoms with Gasteiger partial charge in [-0.3, -0.25) is 14.4 Å². The molecule has 0 bridgehead atoms. The Hall–Kier alpha value is -2.93. The highest BCUT2D eigenvalue weighted by molar-refractivity contribution is 6.31. The second-order valence-corrected chi connectivity index (χ2v) is 11.9. The largest absolute Gasteiger partial charge is 0.480 e. The summed E-state index contributed by atoms with van der Waals surface area (Å²) < 4.78 is 7.18. The van der Waals surface area contributed by atoms with Gasteiger partial charge in [0, 0.05) is 42.7 Å². The highest BCUT2D eigenvalue weighted by Gasteiger charge is 2.31. The third kappa shape index (κ3) is 6.46. The van der Waals surface area contributed by atoms with Gasteiger partial charge in [0.25, 0.3) is 0 Å². The van der Waals surface area contributed by atoms with E-state index in [9.17, 15) is 4.79 Å². The van der Waals surface area contributed by atoms with E-state index < -0.39 is 0 Å². The van der Waals surface area contributed by atoms with Gasteiger partial charge >= 0.3 is 0 Å². The van der Waals surface area contributed by atoms with E-state index in [1.54, 1.807) is 7.11 Å². The number of ether oxygens (including phenoxy) is 1. The lowest BCUT2D eigenvalue weighted by Gasteiger charge is -2.35. The molecule has 3 aromatic rings. The van der Waals surface area contributed by atoms with Crippen LogP contribution in [0.15, 0.2) is 43.0 Å². The van der Waals surface area contributed by atoms with Gasteiger partial charge in [0.2, 0.25) is 11.8 Å². The van der Waals surface area contributed by atoms with Crippen LogP contribution in [0.1, 0.15) is 89.2 Å². The Labute approximate surface area is 236 Å². The first kappa shape index (κ1) is 27.6. The normalized spacial score (nSPS) is 20.2. The van der Waals surface area contributed by atoms with E-state index in [-0.39, 0.29) is 11.8 Å². The number of hydrogen-bond acceptors (Lipinski definition) is 5. The number of aromatic nitrogens is 4. The van der Waals surface area contributed by atoms with Gasteiger partial charge in [0.1, 0.15) is 10.8 Å². The van der Waals surface area contributed by atoms with Gasteiger partial charge in [-0.1, -0.05) is 30.9 Å². The van der Waals surface area contributed by atoms with Crippen LogP contribution in [0.5, 0.6) is 5.88 Å². The molecule has 2 saturated carbocycles. The molecule has 0 atom stereocenters. The average molecular weight is 550 g/mol. The van der Waals surface area contributed by atoms with E-state index in [0.717, 1.165) is 68.3 Å². The van der Waals surface area contributed by atoms with Gasteiger partial charge < -0.3 is 4.74 Å². The predicted molar refractivity (Wildman–Crippen MR) is 155 cm³/mol. The van der Waals surface area contributed by atoms with Gasteiger partial charge in [0.05, 0.1) is 13.3 Å². The number of anilines is 1. The molecule has 0 spiro atoms. The minimum atomic E-state index is 0.0942. The zero-order chi connectivity index (χ0) is 27.4.